The lowest BCUT2D eigenvalue weighted by Crippen LogP contribution is -2.58. The molecule has 0 bridgehead atoms. The monoisotopic (exact) mass is 515 g/mol. The van der Waals surface area contributed by atoms with E-state index >= 15 is 0 Å². The molecule has 1 aliphatic rings. The van der Waals surface area contributed by atoms with Gasteiger partial charge in [-0.1, -0.05) is 87.3 Å². The van der Waals surface area contributed by atoms with Crippen molar-refractivity contribution in [3.63, 3.8) is 0 Å². The van der Waals surface area contributed by atoms with Gasteiger partial charge in [-0.05, 0) is 32.9 Å². The van der Waals surface area contributed by atoms with Crippen molar-refractivity contribution < 1.29 is 12.7 Å². The lowest BCUT2D eigenvalue weighted by Gasteiger charge is -2.33. The second-order valence-corrected chi connectivity index (χ2v) is 10.7. The molecule has 3 aromatic carbocycles. The maximum atomic E-state index is 13.6. The van der Waals surface area contributed by atoms with E-state index in [2.05, 4.69) is 4.90 Å². The zero-order chi connectivity index (χ0) is 26.2. The summed E-state index contributed by atoms with van der Waals surface area (Å²) in [6.07, 6.45) is -0.361. The molecule has 2 atom stereocenters. The van der Waals surface area contributed by atoms with E-state index in [0.29, 0.717) is 30.4 Å². The van der Waals surface area contributed by atoms with Crippen LogP contribution in [0.4, 0.5) is 11.6 Å². The van der Waals surface area contributed by atoms with Crippen LogP contribution in [0.2, 0.25) is 0 Å². The van der Waals surface area contributed by atoms with Gasteiger partial charge in [-0.2, -0.15) is 13.4 Å². The largest absolute Gasteiger partial charge is 0.343 e. The number of aromatic nitrogens is 2. The minimum Gasteiger partial charge on any atom is -0.298 e. The number of hydrogen-bond acceptors (Lipinski definition) is 6. The molecule has 0 aliphatic carbocycles. The molecule has 7 nitrogen and oxygen atoms in total. The summed E-state index contributed by atoms with van der Waals surface area (Å²) in [7, 11) is -4.10. The third-order valence-electron chi connectivity index (χ3n) is 6.99. The summed E-state index contributed by atoms with van der Waals surface area (Å²) < 4.78 is 32.9. The second kappa shape index (κ2) is 9.70. The highest BCUT2D eigenvalue weighted by atomic mass is 32.2. The third-order valence-corrected chi connectivity index (χ3v) is 8.30. The van der Waals surface area contributed by atoms with Crippen LogP contribution in [0, 0.1) is 6.92 Å². The minimum absolute atomic E-state index is 0.116. The van der Waals surface area contributed by atoms with Crippen molar-refractivity contribution in [3.8, 4) is 22.5 Å². The Balaban J connectivity index is 1.74. The summed E-state index contributed by atoms with van der Waals surface area (Å²) in [6, 6.07) is 26.5. The molecule has 0 fully saturated rings. The van der Waals surface area contributed by atoms with Crippen LogP contribution in [0.3, 0.4) is 0 Å². The Morgan fingerprint density at radius 3 is 1.89 bits per heavy atom. The maximum Gasteiger partial charge on any atom is 0.343 e. The predicted molar refractivity (Wildman–Crippen MR) is 147 cm³/mol. The fourth-order valence-electron chi connectivity index (χ4n) is 4.94. The Labute approximate surface area is 218 Å². The van der Waals surface area contributed by atoms with E-state index in [1.165, 1.54) is 0 Å². The van der Waals surface area contributed by atoms with Crippen LogP contribution in [0.5, 0.6) is 0 Å². The van der Waals surface area contributed by atoms with Crippen molar-refractivity contribution in [2.24, 2.45) is 0 Å². The normalized spacial score (nSPS) is 19.1. The number of aryl methyl sites for hydroxylation is 1. The van der Waals surface area contributed by atoms with Crippen molar-refractivity contribution in [1.29, 1.82) is 0 Å². The topological polar surface area (TPSA) is 72.4 Å². The van der Waals surface area contributed by atoms with Gasteiger partial charge in [0.25, 0.3) is 0 Å². The van der Waals surface area contributed by atoms with Crippen molar-refractivity contribution in [2.75, 3.05) is 18.0 Å². The van der Waals surface area contributed by atoms with E-state index in [-0.39, 0.29) is 15.7 Å². The summed E-state index contributed by atoms with van der Waals surface area (Å²) in [4.78, 5) is 12.5. The molecule has 0 saturated carbocycles. The zero-order valence-corrected chi connectivity index (χ0v) is 22.3. The van der Waals surface area contributed by atoms with Gasteiger partial charge in [0.05, 0.1) is 10.6 Å². The fraction of sp³-hybridized carbons (Fsp3) is 0.241. The van der Waals surface area contributed by atoms with Crippen molar-refractivity contribution in [2.45, 2.75) is 38.8 Å². The van der Waals surface area contributed by atoms with Gasteiger partial charge in [0, 0.05) is 24.6 Å². The summed E-state index contributed by atoms with van der Waals surface area (Å²) >= 11 is 0. The Hall–Kier alpha value is -3.59. The predicted octanol–water partition coefficient (Wildman–Crippen LogP) is 5.95. The number of quaternary nitrogens is 1. The molecule has 4 aromatic rings. The highest BCUT2D eigenvalue weighted by Gasteiger charge is 2.56. The van der Waals surface area contributed by atoms with Gasteiger partial charge in [-0.15, -0.1) is 0 Å². The lowest BCUT2D eigenvalue weighted by atomic mass is 10.0. The number of benzene rings is 3. The average molecular weight is 516 g/mol. The third kappa shape index (κ3) is 4.31. The first-order chi connectivity index (χ1) is 17.8. The maximum absolute atomic E-state index is 13.6. The quantitative estimate of drug-likeness (QED) is 0.283. The van der Waals surface area contributed by atoms with E-state index in [4.69, 9.17) is 14.3 Å². The van der Waals surface area contributed by atoms with Gasteiger partial charge in [0.1, 0.15) is 12.2 Å². The van der Waals surface area contributed by atoms with Crippen molar-refractivity contribution >= 4 is 21.8 Å². The molecule has 5 rings (SSSR count). The summed E-state index contributed by atoms with van der Waals surface area (Å²) in [5.74, 6) is 1.13. The van der Waals surface area contributed by atoms with Crippen LogP contribution >= 0.6 is 0 Å². The Kier molecular flexibility index (Phi) is 6.58. The molecule has 190 valence electrons. The van der Waals surface area contributed by atoms with E-state index in [1.54, 1.807) is 24.3 Å². The highest BCUT2D eigenvalue weighted by molar-refractivity contribution is 7.86. The Morgan fingerprint density at radius 2 is 1.38 bits per heavy atom. The average Bonchev–Trinajstić information content (AvgIpc) is 3.15. The minimum atomic E-state index is -4.10. The van der Waals surface area contributed by atoms with Gasteiger partial charge in [0.15, 0.2) is 0 Å². The van der Waals surface area contributed by atoms with Gasteiger partial charge in [-0.25, -0.2) is 4.98 Å². The summed E-state index contributed by atoms with van der Waals surface area (Å²) in [5, 5.41) is 0. The first-order valence-corrected chi connectivity index (χ1v) is 13.9. The lowest BCUT2D eigenvalue weighted by molar-refractivity contribution is -0.0628. The SMILES string of the molecule is CCN1c2nc(-c3ccccc3)c(-c3ccccc3)nc2[N+](CC)(OS(=O)(=O)c2ccc(C)cc2)C1C. The molecule has 8 heteroatoms. The number of hydrogen-bond donors (Lipinski definition) is 0. The molecule has 1 aliphatic heterocycles. The van der Waals surface area contributed by atoms with Crippen LogP contribution in [-0.2, 0) is 14.4 Å². The second-order valence-electron chi connectivity index (χ2n) is 9.17. The summed E-state index contributed by atoms with van der Waals surface area (Å²) in [5.41, 5.74) is 4.24. The van der Waals surface area contributed by atoms with Gasteiger partial charge < -0.3 is 0 Å². The van der Waals surface area contributed by atoms with E-state index in [1.807, 2.05) is 88.4 Å². The number of hydroxylamine groups is 2. The molecule has 0 radical (unpaired) electrons. The number of nitrogens with zero attached hydrogens (tertiary/aromatic N) is 4. The Morgan fingerprint density at radius 1 is 0.838 bits per heavy atom. The number of anilines is 1. The zero-order valence-electron chi connectivity index (χ0n) is 21.5. The number of rotatable bonds is 7. The van der Waals surface area contributed by atoms with Crippen LogP contribution in [0.25, 0.3) is 22.5 Å². The van der Waals surface area contributed by atoms with Crippen molar-refractivity contribution in [3.05, 3.63) is 90.5 Å². The molecule has 0 spiro atoms. The highest BCUT2D eigenvalue weighted by Crippen LogP contribution is 2.47. The first kappa shape index (κ1) is 25.1. The molecule has 2 heterocycles. The summed E-state index contributed by atoms with van der Waals surface area (Å²) in [6.45, 7) is 8.79. The standard InChI is InChI=1S/C29H31N4O3S/c1-5-32-22(4)33(6-2,36-37(34,35)25-19-17-21(3)18-20-25)29-28(32)30-26(23-13-9-7-10-14-23)27(31-29)24-15-11-8-12-16-24/h7-20,22H,5-6H2,1-4H3/q+1. The molecule has 1 aromatic heterocycles. The molecular formula is C29H31N4O3S+. The molecule has 0 saturated heterocycles. The van der Waals surface area contributed by atoms with E-state index in [9.17, 15) is 8.42 Å². The Bertz CT molecular complexity index is 1510. The van der Waals surface area contributed by atoms with Gasteiger partial charge in [-0.3, -0.25) is 4.90 Å². The molecule has 0 amide bonds. The molecule has 2 unspecified atom stereocenters. The van der Waals surface area contributed by atoms with E-state index < -0.39 is 10.1 Å². The van der Waals surface area contributed by atoms with E-state index in [0.717, 1.165) is 22.4 Å². The van der Waals surface area contributed by atoms with Gasteiger partial charge in [0.2, 0.25) is 12.0 Å². The smallest absolute Gasteiger partial charge is 0.298 e. The van der Waals surface area contributed by atoms with Crippen LogP contribution in [0.1, 0.15) is 26.3 Å². The van der Waals surface area contributed by atoms with Crippen LogP contribution in [0.15, 0.2) is 89.8 Å². The van der Waals surface area contributed by atoms with Crippen molar-refractivity contribution in [1.82, 2.24) is 14.6 Å². The molecule has 0 N–H and O–H groups in total. The fourth-order valence-corrected chi connectivity index (χ4v) is 6.15. The molecule has 37 heavy (non-hydrogen) atoms. The first-order valence-electron chi connectivity index (χ1n) is 12.5. The number of fused-ring (bicyclic) bond motifs is 1. The van der Waals surface area contributed by atoms with Crippen LogP contribution < -0.4 is 9.55 Å². The molecular weight excluding hydrogens is 484 g/mol. The van der Waals surface area contributed by atoms with Gasteiger partial charge >= 0.3 is 15.9 Å². The van der Waals surface area contributed by atoms with Crippen LogP contribution in [-0.4, -0.2) is 37.6 Å².